The van der Waals surface area contributed by atoms with Gasteiger partial charge in [-0.3, -0.25) is 0 Å². The summed E-state index contributed by atoms with van der Waals surface area (Å²) < 4.78 is 93.7. The summed E-state index contributed by atoms with van der Waals surface area (Å²) in [4.78, 5) is 187. The fourth-order valence-electron chi connectivity index (χ4n) is 0. The van der Waals surface area contributed by atoms with Crippen molar-refractivity contribution in [1.82, 2.24) is 0 Å². The van der Waals surface area contributed by atoms with E-state index in [-0.39, 0.29) is 252 Å². The van der Waals surface area contributed by atoms with Gasteiger partial charge in [-0.25, -0.2) is 0 Å². The maximum Gasteiger partial charge on any atom is 3.00 e. The Balaban J connectivity index is -0.0000000115. The Morgan fingerprint density at radius 2 is 0.204 bits per heavy atom. The smallest absolute Gasteiger partial charge is 0.672 e. The van der Waals surface area contributed by atoms with Gasteiger partial charge in [-0.1, -0.05) is 0 Å². The second kappa shape index (κ2) is 131. The predicted molar refractivity (Wildman–Crippen MR) is 93.9 cm³/mol. The molecular formula is Al2Fe2K2Mg2Mn2O33Si11. The number of rotatable bonds is 0. The van der Waals surface area contributed by atoms with Crippen molar-refractivity contribution in [1.29, 1.82) is 0 Å². The van der Waals surface area contributed by atoms with Gasteiger partial charge < -0.3 is 155 Å². The van der Waals surface area contributed by atoms with Crippen LogP contribution in [0.3, 0.4) is 0 Å². The Labute approximate surface area is 497 Å². The first-order valence-corrected chi connectivity index (χ1v) is 20.2. The quantitative estimate of drug-likeness (QED) is 0.203. The summed E-state index contributed by atoms with van der Waals surface area (Å²) in [6.45, 7) is 0. The summed E-state index contributed by atoms with van der Waals surface area (Å²) in [5.74, 6) is 0. The summed E-state index contributed by atoms with van der Waals surface area (Å²) >= 11 is 0. The molecule has 0 fully saturated rings. The molecular weight excluding hydrogens is 1240 g/mol. The molecule has 0 aliphatic carbocycles. The van der Waals surface area contributed by atoms with Gasteiger partial charge in [0.2, 0.25) is 0 Å². The minimum absolute atomic E-state index is 0. The van der Waals surface area contributed by atoms with Crippen LogP contribution < -0.4 is 208 Å². The average Bonchev–Trinajstić information content (AvgIpc) is 2.55. The van der Waals surface area contributed by atoms with Gasteiger partial charge in [0.25, 0.3) is 0 Å². The molecule has 0 spiro atoms. The summed E-state index contributed by atoms with van der Waals surface area (Å²) in [5, 5.41) is 0. The monoisotopic (exact) mass is 1240 g/mol. The topological polar surface area (TPSA) is 695 Å². The zero-order chi connectivity index (χ0) is 39.4. The Morgan fingerprint density at radius 1 is 0.204 bits per heavy atom. The molecule has 0 N–H and O–H groups in total. The molecule has 0 unspecified atom stereocenters. The Bertz CT molecular complexity index is 578. The normalized spacial score (nSPS) is 4.89. The van der Waals surface area contributed by atoms with Crippen LogP contribution in [-0.4, -0.2) is 182 Å². The minimum Gasteiger partial charge on any atom is -0.672 e. The van der Waals surface area contributed by atoms with Gasteiger partial charge in [0.05, 0.1) is 0 Å². The van der Waals surface area contributed by atoms with Gasteiger partial charge >= 0.3 is 252 Å². The fraction of sp³-hybridized carbons (Fsp3) is 0. The largest absolute Gasteiger partial charge is 3.00 e. The molecule has 4 radical (unpaired) electrons. The van der Waals surface area contributed by atoms with Crippen molar-refractivity contribution < 1.29 is 326 Å². The third-order valence-electron chi connectivity index (χ3n) is 0. The van der Waals surface area contributed by atoms with Gasteiger partial charge in [0, 0.05) is 101 Å². The van der Waals surface area contributed by atoms with E-state index in [1.54, 1.807) is 0 Å². The first-order valence-electron chi connectivity index (χ1n) is 6.74. The number of hydrogen-bond donors (Lipinski definition) is 0. The molecule has 0 heterocycles. The first-order chi connectivity index (χ1) is 19.1. The van der Waals surface area contributed by atoms with E-state index in [2.05, 4.69) is 0 Å². The molecule has 0 aromatic carbocycles. The van der Waals surface area contributed by atoms with Crippen molar-refractivity contribution in [2.24, 2.45) is 0 Å². The van der Waals surface area contributed by atoms with Gasteiger partial charge in [0.1, 0.15) is 0 Å². The van der Waals surface area contributed by atoms with Crippen molar-refractivity contribution in [2.45, 2.75) is 0 Å². The summed E-state index contributed by atoms with van der Waals surface area (Å²) in [6.07, 6.45) is 0. The second-order valence-electron chi connectivity index (χ2n) is 2.75. The Kier molecular flexibility index (Phi) is 333. The fourth-order valence-corrected chi connectivity index (χ4v) is 0. The van der Waals surface area contributed by atoms with Crippen LogP contribution in [0.5, 0.6) is 0 Å². The number of hydrogen-bond acceptors (Lipinski definition) is 33. The molecule has 54 heteroatoms. The Hall–Kier alpha value is 3.73. The van der Waals surface area contributed by atoms with E-state index in [1.807, 2.05) is 0 Å². The van der Waals surface area contributed by atoms with Gasteiger partial charge in [-0.15, -0.1) is 0 Å². The van der Waals surface area contributed by atoms with E-state index in [0.717, 1.165) is 0 Å². The van der Waals surface area contributed by atoms with E-state index in [1.165, 1.54) is 0 Å². The summed E-state index contributed by atoms with van der Waals surface area (Å²) in [6, 6.07) is 0. The molecule has 0 aliphatic rings. The van der Waals surface area contributed by atoms with Gasteiger partial charge in [-0.05, 0) is 0 Å². The van der Waals surface area contributed by atoms with E-state index >= 15 is 0 Å². The zero-order valence-electron chi connectivity index (χ0n) is 25.0. The van der Waals surface area contributed by atoms with E-state index in [0.29, 0.717) is 0 Å². The third kappa shape index (κ3) is 12000. The van der Waals surface area contributed by atoms with Crippen LogP contribution >= 0.6 is 0 Å². The molecule has 0 rings (SSSR count). The molecule has 0 atom stereocenters. The van der Waals surface area contributed by atoms with Crippen LogP contribution in [0.2, 0.25) is 0 Å². The van der Waals surface area contributed by atoms with Crippen molar-refractivity contribution in [3.63, 3.8) is 0 Å². The summed E-state index contributed by atoms with van der Waals surface area (Å²) in [7, 11) is -39.9. The molecule has 0 aromatic heterocycles. The van der Waals surface area contributed by atoms with Crippen molar-refractivity contribution >= 4 is 182 Å². The molecule has 0 saturated carbocycles. The second-order valence-corrected chi connectivity index (χ2v) is 8.25. The van der Waals surface area contributed by atoms with Crippen molar-refractivity contribution in [3.8, 4) is 0 Å². The molecule has 54 heavy (non-hydrogen) atoms. The van der Waals surface area contributed by atoms with E-state index in [9.17, 15) is 0 Å². The standard InChI is InChI=1S/2Al.2Fe.2K.2Mg.2Mn.11O3Si/c;;;;;;;;;;11*1-4(2)3/q4*+3;2*+1;4*+2;11*-2. The maximum absolute atomic E-state index is 8.52. The van der Waals surface area contributed by atoms with Gasteiger partial charge in [0.15, 0.2) is 0 Å². The van der Waals surface area contributed by atoms with Crippen molar-refractivity contribution in [2.75, 3.05) is 0 Å². The van der Waals surface area contributed by atoms with Gasteiger partial charge in [-0.2, -0.15) is 0 Å². The maximum atomic E-state index is 8.52. The average molecular weight is 1240 g/mol. The van der Waals surface area contributed by atoms with E-state index < -0.39 is 101 Å². The van der Waals surface area contributed by atoms with Crippen LogP contribution in [-0.2, 0) is 117 Å². The van der Waals surface area contributed by atoms with E-state index in [4.69, 9.17) is 155 Å². The molecule has 0 aliphatic heterocycles. The molecule has 0 saturated heterocycles. The molecule has 33 nitrogen and oxygen atoms in total. The van der Waals surface area contributed by atoms with Crippen molar-refractivity contribution in [3.05, 3.63) is 0 Å². The van der Waals surface area contributed by atoms with Crippen LogP contribution in [0.1, 0.15) is 0 Å². The predicted octanol–water partition coefficient (Wildman–Crippen LogP) is -39.2. The Morgan fingerprint density at radius 3 is 0.204 bits per heavy atom. The molecule has 0 aromatic rings. The van der Waals surface area contributed by atoms with Crippen LogP contribution in [0, 0.1) is 0 Å². The summed E-state index contributed by atoms with van der Waals surface area (Å²) in [5.41, 5.74) is 0. The molecule has 284 valence electrons. The first kappa shape index (κ1) is 138. The van der Waals surface area contributed by atoms with Crippen LogP contribution in [0.4, 0.5) is 0 Å². The van der Waals surface area contributed by atoms with Crippen LogP contribution in [0.15, 0.2) is 0 Å². The zero-order valence-corrected chi connectivity index (χ0v) is 52.0. The SMILES string of the molecule is O=[Si]([O-])[O-].O=[Si]([O-])[O-].O=[Si]([O-])[O-].O=[Si]([O-])[O-].O=[Si]([O-])[O-].O=[Si]([O-])[O-].O=[Si]([O-])[O-].O=[Si]([O-])[O-].O=[Si]([O-])[O-].O=[Si]([O-])[O-].O=[Si]([O-])[O-].[Al+3].[Al+3].[Fe+3].[Fe+3].[K+].[K+].[Mg+2].[Mg+2].[Mn+2].[Mn+2]. The molecule has 0 bridgehead atoms. The third-order valence-corrected chi connectivity index (χ3v) is 0. The minimum atomic E-state index is -3.63. The molecule has 0 amide bonds. The van der Waals surface area contributed by atoms with Crippen LogP contribution in [0.25, 0.3) is 0 Å².